The second-order valence-electron chi connectivity index (χ2n) is 5.12. The SMILES string of the molecule is Cc1nnc(SCCCNC(=O)C[C@H]2CCCN2C)s1. The number of likely N-dealkylation sites (tertiary alicyclic amines) is 1. The molecule has 1 aliphatic heterocycles. The van der Waals surface area contributed by atoms with E-state index in [4.69, 9.17) is 0 Å². The molecule has 2 heterocycles. The Balaban J connectivity index is 1.53. The Morgan fingerprint density at radius 3 is 3.05 bits per heavy atom. The highest BCUT2D eigenvalue weighted by molar-refractivity contribution is 8.01. The van der Waals surface area contributed by atoms with Crippen LogP contribution in [-0.2, 0) is 4.79 Å². The molecule has 0 unspecified atom stereocenters. The number of carbonyl (C=O) groups excluding carboxylic acids is 1. The van der Waals surface area contributed by atoms with E-state index >= 15 is 0 Å². The van der Waals surface area contributed by atoms with E-state index in [1.54, 1.807) is 23.1 Å². The van der Waals surface area contributed by atoms with Crippen molar-refractivity contribution in [3.05, 3.63) is 5.01 Å². The molecule has 5 nitrogen and oxygen atoms in total. The van der Waals surface area contributed by atoms with Crippen LogP contribution in [0.1, 0.15) is 30.7 Å². The largest absolute Gasteiger partial charge is 0.356 e. The van der Waals surface area contributed by atoms with Crippen LogP contribution in [0.2, 0.25) is 0 Å². The lowest BCUT2D eigenvalue weighted by molar-refractivity contribution is -0.122. The molecule has 112 valence electrons. The molecule has 0 aliphatic carbocycles. The Labute approximate surface area is 128 Å². The number of nitrogens with zero attached hydrogens (tertiary/aromatic N) is 3. The summed E-state index contributed by atoms with van der Waals surface area (Å²) in [4.78, 5) is 14.1. The Morgan fingerprint density at radius 1 is 1.55 bits per heavy atom. The lowest BCUT2D eigenvalue weighted by Crippen LogP contribution is -2.33. The molecule has 1 aromatic rings. The van der Waals surface area contributed by atoms with Gasteiger partial charge in [-0.15, -0.1) is 10.2 Å². The Hall–Kier alpha value is -0.660. The number of aryl methyl sites for hydroxylation is 1. The maximum absolute atomic E-state index is 11.8. The first-order valence-corrected chi connectivity index (χ1v) is 8.85. The third-order valence-electron chi connectivity index (χ3n) is 3.47. The van der Waals surface area contributed by atoms with Crippen molar-refractivity contribution < 1.29 is 4.79 Å². The van der Waals surface area contributed by atoms with E-state index < -0.39 is 0 Å². The van der Waals surface area contributed by atoms with Crippen LogP contribution in [0.25, 0.3) is 0 Å². The highest BCUT2D eigenvalue weighted by Gasteiger charge is 2.22. The van der Waals surface area contributed by atoms with Crippen LogP contribution >= 0.6 is 23.1 Å². The summed E-state index contributed by atoms with van der Waals surface area (Å²) in [6, 6.07) is 0.439. The van der Waals surface area contributed by atoms with E-state index in [1.807, 2.05) is 6.92 Å². The van der Waals surface area contributed by atoms with Gasteiger partial charge >= 0.3 is 0 Å². The molecule has 20 heavy (non-hydrogen) atoms. The van der Waals surface area contributed by atoms with Gasteiger partial charge in [-0.3, -0.25) is 4.79 Å². The van der Waals surface area contributed by atoms with Gasteiger partial charge in [0, 0.05) is 24.8 Å². The number of amides is 1. The fraction of sp³-hybridized carbons (Fsp3) is 0.769. The van der Waals surface area contributed by atoms with Gasteiger partial charge in [0.1, 0.15) is 5.01 Å². The quantitative estimate of drug-likeness (QED) is 0.615. The Morgan fingerprint density at radius 2 is 2.40 bits per heavy atom. The van der Waals surface area contributed by atoms with Crippen LogP contribution in [-0.4, -0.2) is 52.9 Å². The van der Waals surface area contributed by atoms with Gasteiger partial charge in [-0.25, -0.2) is 0 Å². The molecule has 1 aromatic heterocycles. The van der Waals surface area contributed by atoms with Gasteiger partial charge < -0.3 is 10.2 Å². The summed E-state index contributed by atoms with van der Waals surface area (Å²) in [6.45, 7) is 3.83. The van der Waals surface area contributed by atoms with Crippen LogP contribution in [0.15, 0.2) is 4.34 Å². The predicted octanol–water partition coefficient (Wildman–Crippen LogP) is 1.93. The molecule has 0 spiro atoms. The summed E-state index contributed by atoms with van der Waals surface area (Å²) < 4.78 is 1.02. The van der Waals surface area contributed by atoms with Gasteiger partial charge in [0.25, 0.3) is 0 Å². The molecule has 0 saturated carbocycles. The van der Waals surface area contributed by atoms with E-state index in [9.17, 15) is 4.79 Å². The highest BCUT2D eigenvalue weighted by atomic mass is 32.2. The highest BCUT2D eigenvalue weighted by Crippen LogP contribution is 2.22. The number of rotatable bonds is 7. The van der Waals surface area contributed by atoms with E-state index in [1.165, 1.54) is 6.42 Å². The number of thioether (sulfide) groups is 1. The standard InChI is InChI=1S/C13H22N4OS2/c1-10-15-16-13(20-10)19-8-4-6-14-12(18)9-11-5-3-7-17(11)2/h11H,3-9H2,1-2H3,(H,14,18)/t11-/m1/s1. The third-order valence-corrected chi connectivity index (χ3v) is 5.53. The number of carbonyl (C=O) groups is 1. The number of nitrogens with one attached hydrogen (secondary N) is 1. The van der Waals surface area contributed by atoms with Crippen molar-refractivity contribution in [3.8, 4) is 0 Å². The molecule has 0 radical (unpaired) electrons. The van der Waals surface area contributed by atoms with E-state index in [0.29, 0.717) is 12.5 Å². The molecule has 1 atom stereocenters. The molecular weight excluding hydrogens is 292 g/mol. The molecule has 1 saturated heterocycles. The van der Waals surface area contributed by atoms with Crippen molar-refractivity contribution in [2.24, 2.45) is 0 Å². The van der Waals surface area contributed by atoms with Crippen molar-refractivity contribution in [2.75, 3.05) is 25.9 Å². The molecule has 0 bridgehead atoms. The minimum Gasteiger partial charge on any atom is -0.356 e. The number of hydrogen-bond donors (Lipinski definition) is 1. The van der Waals surface area contributed by atoms with Crippen LogP contribution < -0.4 is 5.32 Å². The lowest BCUT2D eigenvalue weighted by Gasteiger charge is -2.18. The second kappa shape index (κ2) is 7.95. The minimum absolute atomic E-state index is 0.181. The van der Waals surface area contributed by atoms with Crippen LogP contribution in [0, 0.1) is 6.92 Å². The maximum Gasteiger partial charge on any atom is 0.221 e. The first-order valence-electron chi connectivity index (χ1n) is 7.05. The van der Waals surface area contributed by atoms with Gasteiger partial charge in [0.2, 0.25) is 5.91 Å². The molecule has 1 aliphatic rings. The van der Waals surface area contributed by atoms with Crippen molar-refractivity contribution in [3.63, 3.8) is 0 Å². The predicted molar refractivity (Wildman–Crippen MR) is 83.3 cm³/mol. The van der Waals surface area contributed by atoms with Crippen molar-refractivity contribution in [1.29, 1.82) is 0 Å². The molecule has 2 rings (SSSR count). The molecule has 0 aromatic carbocycles. The second-order valence-corrected chi connectivity index (χ2v) is 7.64. The average molecular weight is 314 g/mol. The zero-order valence-electron chi connectivity index (χ0n) is 12.1. The van der Waals surface area contributed by atoms with Gasteiger partial charge in [-0.2, -0.15) is 0 Å². The van der Waals surface area contributed by atoms with Gasteiger partial charge in [0.15, 0.2) is 4.34 Å². The van der Waals surface area contributed by atoms with Gasteiger partial charge in [-0.1, -0.05) is 23.1 Å². The topological polar surface area (TPSA) is 58.1 Å². The number of aromatic nitrogens is 2. The van der Waals surface area contributed by atoms with Crippen LogP contribution in [0.5, 0.6) is 0 Å². The summed E-state index contributed by atoms with van der Waals surface area (Å²) >= 11 is 3.33. The van der Waals surface area contributed by atoms with Crippen molar-refractivity contribution >= 4 is 29.0 Å². The molecular formula is C13H22N4OS2. The fourth-order valence-electron chi connectivity index (χ4n) is 2.32. The Kier molecular flexibility index (Phi) is 6.25. The van der Waals surface area contributed by atoms with Gasteiger partial charge in [0.05, 0.1) is 0 Å². The van der Waals surface area contributed by atoms with E-state index in [-0.39, 0.29) is 5.91 Å². The summed E-state index contributed by atoms with van der Waals surface area (Å²) in [6.07, 6.45) is 3.97. The average Bonchev–Trinajstić information content (AvgIpc) is 2.99. The summed E-state index contributed by atoms with van der Waals surface area (Å²) in [7, 11) is 2.10. The van der Waals surface area contributed by atoms with Crippen LogP contribution in [0.3, 0.4) is 0 Å². The van der Waals surface area contributed by atoms with Crippen LogP contribution in [0.4, 0.5) is 0 Å². The summed E-state index contributed by atoms with van der Waals surface area (Å²) in [5.41, 5.74) is 0. The first kappa shape index (κ1) is 15.7. The fourth-order valence-corrected chi connectivity index (χ4v) is 4.14. The lowest BCUT2D eigenvalue weighted by atomic mass is 10.1. The normalized spacial score (nSPS) is 19.4. The molecule has 1 amide bonds. The van der Waals surface area contributed by atoms with E-state index in [2.05, 4.69) is 27.5 Å². The molecule has 7 heteroatoms. The molecule has 1 fully saturated rings. The first-order chi connectivity index (χ1) is 9.65. The molecule has 1 N–H and O–H groups in total. The van der Waals surface area contributed by atoms with E-state index in [0.717, 1.165) is 41.0 Å². The zero-order valence-corrected chi connectivity index (χ0v) is 13.7. The third kappa shape index (κ3) is 5.03. The zero-order chi connectivity index (χ0) is 14.4. The van der Waals surface area contributed by atoms with Crippen molar-refractivity contribution in [2.45, 2.75) is 43.0 Å². The minimum atomic E-state index is 0.181. The number of hydrogen-bond acceptors (Lipinski definition) is 6. The summed E-state index contributed by atoms with van der Waals surface area (Å²) in [5, 5.41) is 12.1. The van der Waals surface area contributed by atoms with Crippen molar-refractivity contribution in [1.82, 2.24) is 20.4 Å². The maximum atomic E-state index is 11.8. The van der Waals surface area contributed by atoms with Gasteiger partial charge in [-0.05, 0) is 39.8 Å². The monoisotopic (exact) mass is 314 g/mol. The Bertz CT molecular complexity index is 438. The summed E-state index contributed by atoms with van der Waals surface area (Å²) in [5.74, 6) is 1.15. The smallest absolute Gasteiger partial charge is 0.221 e.